The number of fused-ring (bicyclic) bond motifs is 6. The van der Waals surface area contributed by atoms with Gasteiger partial charge in [-0.05, 0) is 119 Å². The maximum absolute atomic E-state index is 15.2. The zero-order valence-corrected chi connectivity index (χ0v) is 47.5. The molecule has 9 rings (SSSR count). The van der Waals surface area contributed by atoms with E-state index in [0.29, 0.717) is 45.3 Å². The number of nitrogens with one attached hydrogen (secondary N) is 3. The summed E-state index contributed by atoms with van der Waals surface area (Å²) < 4.78 is 14.5. The van der Waals surface area contributed by atoms with Crippen LogP contribution in [-0.2, 0) is 52.8 Å². The maximum Gasteiger partial charge on any atom is 0.324 e. The largest absolute Gasteiger partial charge is 0.464 e. The fourth-order valence-electron chi connectivity index (χ4n) is 12.7. The lowest BCUT2D eigenvalue weighted by molar-refractivity contribution is -0.155. The predicted molar refractivity (Wildman–Crippen MR) is 307 cm³/mol. The molecule has 2 aromatic carbocycles. The van der Waals surface area contributed by atoms with Crippen LogP contribution >= 0.6 is 0 Å². The molecule has 3 saturated heterocycles. The van der Waals surface area contributed by atoms with Gasteiger partial charge >= 0.3 is 5.97 Å². The number of hydrazine groups is 1. The summed E-state index contributed by atoms with van der Waals surface area (Å²) in [5.74, 6) is 3.80. The van der Waals surface area contributed by atoms with Crippen molar-refractivity contribution in [2.24, 2.45) is 17.3 Å². The summed E-state index contributed by atoms with van der Waals surface area (Å²) in [4.78, 5) is 78.1. The Morgan fingerprint density at radius 3 is 2.45 bits per heavy atom. The van der Waals surface area contributed by atoms with Crippen LogP contribution in [0.1, 0.15) is 121 Å². The van der Waals surface area contributed by atoms with Gasteiger partial charge < -0.3 is 34.5 Å². The van der Waals surface area contributed by atoms with Crippen molar-refractivity contribution in [1.82, 2.24) is 40.3 Å². The Kier molecular flexibility index (Phi) is 16.9. The molecule has 5 atom stereocenters. The third-order valence-electron chi connectivity index (χ3n) is 17.4. The van der Waals surface area contributed by atoms with Gasteiger partial charge in [-0.15, -0.1) is 0 Å². The molecule has 15 nitrogen and oxygen atoms in total. The molecule has 5 aliphatic heterocycles. The second-order valence-corrected chi connectivity index (χ2v) is 24.3. The second-order valence-electron chi connectivity index (χ2n) is 24.3. The van der Waals surface area contributed by atoms with Crippen LogP contribution in [0.25, 0.3) is 27.6 Å². The number of hydrogen-bond acceptors (Lipinski definition) is 10. The van der Waals surface area contributed by atoms with Crippen LogP contribution in [0.4, 0.5) is 0 Å². The van der Waals surface area contributed by atoms with Gasteiger partial charge in [0.15, 0.2) is 0 Å². The topological polar surface area (TPSA) is 158 Å². The molecule has 6 bridgehead atoms. The van der Waals surface area contributed by atoms with E-state index in [2.05, 4.69) is 129 Å². The van der Waals surface area contributed by atoms with Gasteiger partial charge in [0.25, 0.3) is 11.8 Å². The molecule has 4 fully saturated rings. The summed E-state index contributed by atoms with van der Waals surface area (Å²) in [5.41, 5.74) is 12.0. The number of carbonyl (C=O) groups excluding carboxylic acids is 5. The normalized spacial score (nSPS) is 23.2. The fourth-order valence-corrected chi connectivity index (χ4v) is 12.7. The number of likely N-dealkylation sites (tertiary alicyclic amines) is 2. The number of cyclic esters (lactones) is 1. The highest BCUT2D eigenvalue weighted by atomic mass is 16.5. The van der Waals surface area contributed by atoms with Crippen LogP contribution in [0.15, 0.2) is 54.2 Å². The third-order valence-corrected chi connectivity index (χ3v) is 17.4. The minimum atomic E-state index is -1.05. The monoisotopic (exact) mass is 1050 g/mol. The van der Waals surface area contributed by atoms with Crippen LogP contribution in [0.2, 0.25) is 0 Å². The number of aryl methyl sites for hydroxylation is 1. The second kappa shape index (κ2) is 23.3. The Morgan fingerprint density at radius 2 is 1.75 bits per heavy atom. The molecule has 4 amide bonds. The summed E-state index contributed by atoms with van der Waals surface area (Å²) in [5, 5.41) is 9.47. The molecule has 6 aliphatic rings. The third kappa shape index (κ3) is 12.0. The first-order chi connectivity index (χ1) is 36.8. The molecule has 3 N–H and O–H groups in total. The lowest BCUT2D eigenvalue weighted by Gasteiger charge is -2.41. The van der Waals surface area contributed by atoms with Crippen molar-refractivity contribution in [3.05, 3.63) is 76.6 Å². The summed E-state index contributed by atoms with van der Waals surface area (Å²) in [7, 11) is 7.77. The number of esters is 1. The van der Waals surface area contributed by atoms with Gasteiger partial charge in [0.1, 0.15) is 33.8 Å². The summed E-state index contributed by atoms with van der Waals surface area (Å²) >= 11 is 0. The Balaban J connectivity index is 1.08. The van der Waals surface area contributed by atoms with Gasteiger partial charge in [-0.2, -0.15) is 0 Å². The fraction of sp³-hybridized carbons (Fsp3) is 0.583. The van der Waals surface area contributed by atoms with Crippen LogP contribution in [-0.4, -0.2) is 159 Å². The molecular weight excluding hydrogens is 966 g/mol. The number of dihydropyridines is 1. The molecule has 3 aromatic rings. The van der Waals surface area contributed by atoms with Crippen molar-refractivity contribution in [2.75, 3.05) is 60.0 Å². The van der Waals surface area contributed by atoms with Gasteiger partial charge in [0.05, 0.1) is 29.9 Å². The standard InChI is InChI=1S/C60H82B2N8O7/c1-9-69-49-20-19-40-33-45(49)46(53(69)44-17-12-24-63-51(44)37(2)76-8)34-59(3,4)36-77-58(75)47-18-13-27-70(65-47)57(74)48(31-38-29-42(40)32-43(30-38)54(61)62)64-55(72)52(39-15-10-11-16-39)66(7)56(73)41-22-28-67(35-41)50(71)21-23-60(5,6)68-25-14-26-68/h12,17,19-20,29-30,32-33,37,39,41,47-48,52,54,63,65H,9-11,13-16,18,22,24-28,31,34-36,61-62H2,1-8H3,(H,64,72)/t37?,41-,47-,48?,52?/m0/s1. The highest BCUT2D eigenvalue weighted by Crippen LogP contribution is 2.41. The highest BCUT2D eigenvalue weighted by Gasteiger charge is 2.43. The number of aromatic nitrogens is 1. The van der Waals surface area contributed by atoms with E-state index in [1.165, 1.54) is 5.01 Å². The van der Waals surface area contributed by atoms with Crippen LogP contribution in [0.5, 0.6) is 0 Å². The predicted octanol–water partition coefficient (Wildman–Crippen LogP) is 4.50. The Labute approximate surface area is 458 Å². The smallest absolute Gasteiger partial charge is 0.324 e. The molecule has 3 unspecified atom stereocenters. The Hall–Kier alpha value is -5.82. The van der Waals surface area contributed by atoms with Crippen molar-refractivity contribution in [1.29, 1.82) is 0 Å². The van der Waals surface area contributed by atoms with Gasteiger partial charge in [-0.3, -0.25) is 33.9 Å². The Bertz CT molecular complexity index is 2890. The number of amides is 4. The number of nitrogens with zero attached hydrogens (tertiary/aromatic N) is 5. The van der Waals surface area contributed by atoms with Crippen LogP contribution < -0.4 is 16.1 Å². The van der Waals surface area contributed by atoms with Gasteiger partial charge in [-0.1, -0.05) is 80.3 Å². The molecule has 1 aromatic heterocycles. The molecule has 6 heterocycles. The van der Waals surface area contributed by atoms with Gasteiger partial charge in [-0.25, -0.2) is 5.43 Å². The van der Waals surface area contributed by atoms with E-state index < -0.39 is 41.0 Å². The first kappa shape index (κ1) is 55.9. The molecule has 0 radical (unpaired) electrons. The summed E-state index contributed by atoms with van der Waals surface area (Å²) in [6, 6.07) is 10.6. The zero-order chi connectivity index (χ0) is 54.9. The minimum absolute atomic E-state index is 0.112. The molecule has 1 aliphatic carbocycles. The van der Waals surface area contributed by atoms with Crippen molar-refractivity contribution >= 4 is 61.8 Å². The van der Waals surface area contributed by atoms with E-state index in [4.69, 9.17) is 9.47 Å². The zero-order valence-electron chi connectivity index (χ0n) is 47.5. The lowest BCUT2D eigenvalue weighted by Crippen LogP contribution is -2.62. The first-order valence-corrected chi connectivity index (χ1v) is 28.6. The highest BCUT2D eigenvalue weighted by molar-refractivity contribution is 6.35. The summed E-state index contributed by atoms with van der Waals surface area (Å²) in [6.07, 6.45) is 11.0. The maximum atomic E-state index is 15.2. The molecule has 17 heteroatoms. The minimum Gasteiger partial charge on any atom is -0.464 e. The number of ether oxygens (including phenoxy) is 2. The van der Waals surface area contributed by atoms with E-state index in [1.54, 1.807) is 24.0 Å². The lowest BCUT2D eigenvalue weighted by atomic mass is 9.66. The van der Waals surface area contributed by atoms with E-state index in [0.717, 1.165) is 107 Å². The number of benzene rings is 2. The van der Waals surface area contributed by atoms with Gasteiger partial charge in [0, 0.05) is 94.0 Å². The average molecular weight is 1050 g/mol. The van der Waals surface area contributed by atoms with Crippen molar-refractivity contribution in [3.63, 3.8) is 0 Å². The van der Waals surface area contributed by atoms with Crippen molar-refractivity contribution in [2.45, 2.75) is 148 Å². The molecule has 1 saturated carbocycles. The molecular formula is C60H82B2N8O7. The van der Waals surface area contributed by atoms with Crippen LogP contribution in [0, 0.1) is 29.1 Å². The van der Waals surface area contributed by atoms with E-state index in [9.17, 15) is 14.4 Å². The van der Waals surface area contributed by atoms with Crippen LogP contribution in [0.3, 0.4) is 0 Å². The van der Waals surface area contributed by atoms with E-state index in [-0.39, 0.29) is 60.9 Å². The quantitative estimate of drug-likeness (QED) is 0.142. The number of hydrogen-bond donors (Lipinski definition) is 3. The SMILES string of the molecule is BC(B)c1cc2cc(c1)-c1ccc3c(c1)c(c(C1=C(C(C)OC)NCC=C1)n3CC)CC(C)(C)COC(=O)[C@@H]1CCCN(N1)C(=O)C(NC(=O)C(C1CCCC1)N(C)C(=O)[C@H]1CCN(C(=O)C#CC(C)(C)N3CCC3)C1)C2. The molecule has 410 valence electrons. The number of likely N-dealkylation sites (N-methyl/N-ethyl adjacent to an activating group) is 1. The molecule has 0 spiro atoms. The van der Waals surface area contributed by atoms with Crippen molar-refractivity contribution < 1.29 is 33.4 Å². The van der Waals surface area contributed by atoms with E-state index in [1.807, 2.05) is 13.8 Å². The number of methoxy groups -OCH3 is 1. The summed E-state index contributed by atoms with van der Waals surface area (Å²) in [6.45, 7) is 17.1. The number of allylic oxidation sites excluding steroid dienone is 2. The van der Waals surface area contributed by atoms with E-state index >= 15 is 9.59 Å². The van der Waals surface area contributed by atoms with Crippen molar-refractivity contribution in [3.8, 4) is 23.0 Å². The average Bonchev–Trinajstić information content (AvgIpc) is 4.26. The Morgan fingerprint density at radius 1 is 0.987 bits per heavy atom. The first-order valence-electron chi connectivity index (χ1n) is 28.6. The number of carbonyl (C=O) groups is 5. The number of rotatable bonds is 11. The van der Waals surface area contributed by atoms with Gasteiger partial charge in [0.2, 0.25) is 11.8 Å². The molecule has 77 heavy (non-hydrogen) atoms.